The van der Waals surface area contributed by atoms with E-state index in [9.17, 15) is 17.8 Å². The standard InChI is InChI=1S/C14H17FN2O6S/c1-10-13(17(15,14(18)23-10)24(19,20)21)11-4-2-3-5-12(11)16-6-8-22-9-7-16/h2-5,10,13H,6-9H2,1H3/p+1/t10-,13?,17?/m1/s1. The van der Waals surface area contributed by atoms with Gasteiger partial charge in [0.1, 0.15) is 4.11 Å². The molecular weight excluding hydrogens is 343 g/mol. The van der Waals surface area contributed by atoms with Crippen LogP contribution in [0.3, 0.4) is 0 Å². The maximum Gasteiger partial charge on any atom is 0.575 e. The third-order valence-corrected chi connectivity index (χ3v) is 5.33. The second-order valence-electron chi connectivity index (χ2n) is 5.72. The predicted molar refractivity (Wildman–Crippen MR) is 81.1 cm³/mol. The van der Waals surface area contributed by atoms with E-state index in [-0.39, 0.29) is 5.56 Å². The number of hydrogen-bond acceptors (Lipinski definition) is 6. The quantitative estimate of drug-likeness (QED) is 0.646. The molecule has 2 saturated heterocycles. The molecule has 1 amide bonds. The third kappa shape index (κ3) is 2.55. The summed E-state index contributed by atoms with van der Waals surface area (Å²) >= 11 is 0. The van der Waals surface area contributed by atoms with E-state index in [0.29, 0.717) is 32.0 Å². The monoisotopic (exact) mass is 361 g/mol. The van der Waals surface area contributed by atoms with Crippen LogP contribution in [-0.4, -0.2) is 55.6 Å². The van der Waals surface area contributed by atoms with E-state index in [0.717, 1.165) is 0 Å². The summed E-state index contributed by atoms with van der Waals surface area (Å²) in [4.78, 5) is 13.7. The average molecular weight is 361 g/mol. The van der Waals surface area contributed by atoms with E-state index >= 15 is 4.48 Å². The Labute approximate surface area is 138 Å². The molecule has 0 aromatic heterocycles. The number of hydrogen-bond donors (Lipinski definition) is 1. The molecule has 3 rings (SSSR count). The molecule has 3 atom stereocenters. The van der Waals surface area contributed by atoms with Crippen LogP contribution in [0.2, 0.25) is 0 Å². The van der Waals surface area contributed by atoms with Crippen molar-refractivity contribution in [1.82, 2.24) is 0 Å². The van der Waals surface area contributed by atoms with Crippen molar-refractivity contribution in [2.45, 2.75) is 19.1 Å². The summed E-state index contributed by atoms with van der Waals surface area (Å²) in [5.74, 6) is 0. The summed E-state index contributed by atoms with van der Waals surface area (Å²) in [5.41, 5.74) is 0.859. The number of benzene rings is 1. The summed E-state index contributed by atoms with van der Waals surface area (Å²) in [6.07, 6.45) is -2.71. The van der Waals surface area contributed by atoms with Gasteiger partial charge in [0, 0.05) is 28.8 Å². The fraction of sp³-hybridized carbons (Fsp3) is 0.500. The van der Waals surface area contributed by atoms with Gasteiger partial charge >= 0.3 is 16.4 Å². The first-order valence-corrected chi connectivity index (χ1v) is 8.85. The number of ether oxygens (including phenoxy) is 2. The Morgan fingerprint density at radius 3 is 2.54 bits per heavy atom. The molecule has 0 spiro atoms. The van der Waals surface area contributed by atoms with Crippen molar-refractivity contribution in [2.75, 3.05) is 31.2 Å². The molecule has 0 aliphatic carbocycles. The summed E-state index contributed by atoms with van der Waals surface area (Å²) < 4.78 is 55.0. The van der Waals surface area contributed by atoms with Crippen LogP contribution in [0.25, 0.3) is 0 Å². The number of anilines is 1. The van der Waals surface area contributed by atoms with Crippen molar-refractivity contribution < 1.29 is 35.8 Å². The smallest absolute Gasteiger partial charge is 0.407 e. The summed E-state index contributed by atoms with van der Waals surface area (Å²) in [7, 11) is -5.38. The zero-order valence-corrected chi connectivity index (χ0v) is 13.8. The summed E-state index contributed by atoms with van der Waals surface area (Å²) in [5, 5.41) is 0. The van der Waals surface area contributed by atoms with E-state index in [4.69, 9.17) is 9.47 Å². The van der Waals surface area contributed by atoms with E-state index in [2.05, 4.69) is 0 Å². The zero-order valence-electron chi connectivity index (χ0n) is 13.0. The molecule has 2 heterocycles. The van der Waals surface area contributed by atoms with E-state index in [1.807, 2.05) is 4.90 Å². The highest BCUT2D eigenvalue weighted by atomic mass is 32.2. The van der Waals surface area contributed by atoms with Gasteiger partial charge in [-0.3, -0.25) is 0 Å². The lowest BCUT2D eigenvalue weighted by Crippen LogP contribution is -2.48. The number of morpholine rings is 1. The lowest BCUT2D eigenvalue weighted by Gasteiger charge is -2.32. The van der Waals surface area contributed by atoms with Crippen LogP contribution in [0.15, 0.2) is 24.3 Å². The van der Waals surface area contributed by atoms with Crippen LogP contribution in [0.1, 0.15) is 18.5 Å². The minimum absolute atomic E-state index is 0.276. The van der Waals surface area contributed by atoms with Gasteiger partial charge in [0.25, 0.3) is 0 Å². The molecule has 2 unspecified atom stereocenters. The highest BCUT2D eigenvalue weighted by Gasteiger charge is 2.69. The van der Waals surface area contributed by atoms with E-state index in [1.54, 1.807) is 18.2 Å². The molecule has 0 saturated carbocycles. The summed E-state index contributed by atoms with van der Waals surface area (Å²) in [6, 6.07) is 5.07. The molecule has 2 aliphatic rings. The van der Waals surface area contributed by atoms with Crippen LogP contribution in [0.5, 0.6) is 0 Å². The summed E-state index contributed by atoms with van der Waals surface area (Å²) in [6.45, 7) is 3.45. The van der Waals surface area contributed by atoms with Crippen molar-refractivity contribution in [3.63, 3.8) is 0 Å². The van der Waals surface area contributed by atoms with Gasteiger partial charge in [0.05, 0.1) is 13.2 Å². The van der Waals surface area contributed by atoms with Crippen LogP contribution in [-0.2, 0) is 19.8 Å². The van der Waals surface area contributed by atoms with Crippen LogP contribution >= 0.6 is 0 Å². The molecule has 1 N–H and O–H groups in total. The number of rotatable bonds is 3. The number of amides is 1. The highest BCUT2D eigenvalue weighted by molar-refractivity contribution is 7.80. The Kier molecular flexibility index (Phi) is 4.24. The maximum atomic E-state index is 15.1. The van der Waals surface area contributed by atoms with Gasteiger partial charge in [0.15, 0.2) is 6.10 Å². The molecule has 10 heteroatoms. The highest BCUT2D eigenvalue weighted by Crippen LogP contribution is 2.46. The normalized spacial score (nSPS) is 31.1. The van der Waals surface area contributed by atoms with Gasteiger partial charge in [-0.2, -0.15) is 4.79 Å². The number of carbonyl (C=O) groups is 1. The fourth-order valence-corrected chi connectivity index (χ4v) is 3.98. The first-order valence-electron chi connectivity index (χ1n) is 7.45. The fourth-order valence-electron chi connectivity index (χ4n) is 3.18. The first kappa shape index (κ1) is 17.1. The van der Waals surface area contributed by atoms with Crippen molar-refractivity contribution in [2.24, 2.45) is 0 Å². The Balaban J connectivity index is 2.12. The van der Waals surface area contributed by atoms with Crippen LogP contribution in [0, 0.1) is 0 Å². The molecule has 8 nitrogen and oxygen atoms in total. The SMILES string of the molecule is C[C@H]1OC(=O)[N+](F)(S(=O)(=O)O)C1c1ccccc1N1CCOCC1. The van der Waals surface area contributed by atoms with Gasteiger partial charge < -0.3 is 14.4 Å². The third-order valence-electron chi connectivity index (χ3n) is 4.28. The van der Waals surface area contributed by atoms with Crippen molar-refractivity contribution in [3.05, 3.63) is 29.8 Å². The second-order valence-corrected chi connectivity index (χ2v) is 7.14. The lowest BCUT2D eigenvalue weighted by molar-refractivity contribution is -0.902. The number of quaternary nitrogens is 1. The van der Waals surface area contributed by atoms with E-state index in [1.165, 1.54) is 13.0 Å². The predicted octanol–water partition coefficient (Wildman–Crippen LogP) is 1.61. The Bertz CT molecular complexity index is 751. The molecular formula is C14H18FN2O6S+. The zero-order chi connectivity index (χ0) is 17.5. The van der Waals surface area contributed by atoms with Gasteiger partial charge in [0.2, 0.25) is 6.04 Å². The molecule has 0 radical (unpaired) electrons. The molecule has 24 heavy (non-hydrogen) atoms. The number of carbonyl (C=O) groups excluding carboxylic acids is 1. The van der Waals surface area contributed by atoms with Crippen LogP contribution in [0.4, 0.5) is 15.0 Å². The van der Waals surface area contributed by atoms with Crippen molar-refractivity contribution in [3.8, 4) is 0 Å². The molecule has 1 aromatic carbocycles. The Morgan fingerprint density at radius 1 is 1.29 bits per heavy atom. The molecule has 132 valence electrons. The van der Waals surface area contributed by atoms with Gasteiger partial charge in [-0.15, -0.1) is 8.42 Å². The number of cyclic esters (lactones) is 1. The topological polar surface area (TPSA) is 93.1 Å². The van der Waals surface area contributed by atoms with Gasteiger partial charge in [-0.1, -0.05) is 18.2 Å². The largest absolute Gasteiger partial charge is 0.575 e. The van der Waals surface area contributed by atoms with Crippen LogP contribution < -0.4 is 4.90 Å². The van der Waals surface area contributed by atoms with Gasteiger partial charge in [-0.25, -0.2) is 4.55 Å². The minimum Gasteiger partial charge on any atom is -0.407 e. The number of para-hydroxylation sites is 1. The molecule has 1 aromatic rings. The van der Waals surface area contributed by atoms with E-state index < -0.39 is 32.7 Å². The van der Waals surface area contributed by atoms with Crippen molar-refractivity contribution in [1.29, 1.82) is 0 Å². The maximum absolute atomic E-state index is 15.1. The molecule has 0 bridgehead atoms. The Morgan fingerprint density at radius 2 is 1.92 bits per heavy atom. The Hall–Kier alpha value is -1.75. The first-order chi connectivity index (χ1) is 11.3. The molecule has 2 aliphatic heterocycles. The van der Waals surface area contributed by atoms with Crippen molar-refractivity contribution >= 4 is 22.1 Å². The van der Waals surface area contributed by atoms with Gasteiger partial charge in [-0.05, 0) is 13.0 Å². The molecule has 2 fully saturated rings. The lowest BCUT2D eigenvalue weighted by atomic mass is 10.00. The second kappa shape index (κ2) is 5.96. The minimum atomic E-state index is -5.38. The number of nitrogens with zero attached hydrogens (tertiary/aromatic N) is 2. The number of halogens is 1. The average Bonchev–Trinajstić information content (AvgIpc) is 2.78.